The second-order valence-corrected chi connectivity index (χ2v) is 4.94. The molecule has 106 valence electrons. The van der Waals surface area contributed by atoms with E-state index in [2.05, 4.69) is 10.4 Å². The maximum atomic E-state index is 12.3. The fraction of sp³-hybridized carbons (Fsp3) is 0.429. The van der Waals surface area contributed by atoms with Crippen LogP contribution in [0.3, 0.4) is 0 Å². The largest absolute Gasteiger partial charge is 0.376 e. The topological polar surface area (TPSA) is 61.1 Å². The number of carbonyl (C=O) groups is 1. The monoisotopic (exact) mass is 274 g/mol. The highest BCUT2D eigenvalue weighted by atomic mass is 16.5. The molecule has 6 nitrogen and oxygen atoms in total. The molecule has 2 aromatic rings. The number of aryl methyl sites for hydroxylation is 1. The Morgan fingerprint density at radius 1 is 1.50 bits per heavy atom. The summed E-state index contributed by atoms with van der Waals surface area (Å²) in [7, 11) is 1.83. The summed E-state index contributed by atoms with van der Waals surface area (Å²) >= 11 is 0. The first kappa shape index (κ1) is 12.9. The van der Waals surface area contributed by atoms with Crippen molar-refractivity contribution in [1.29, 1.82) is 0 Å². The zero-order chi connectivity index (χ0) is 13.9. The average molecular weight is 274 g/mol. The van der Waals surface area contributed by atoms with Crippen molar-refractivity contribution in [2.45, 2.75) is 18.9 Å². The highest BCUT2D eigenvalue weighted by Gasteiger charge is 2.20. The zero-order valence-corrected chi connectivity index (χ0v) is 11.5. The number of aromatic nitrogens is 3. The Morgan fingerprint density at radius 3 is 3.00 bits per heavy atom. The van der Waals surface area contributed by atoms with E-state index in [1.54, 1.807) is 10.9 Å². The molecule has 1 unspecified atom stereocenters. The molecular formula is C14H18N4O2. The Labute approximate surface area is 117 Å². The molecule has 0 spiro atoms. The normalized spacial score (nSPS) is 18.4. The number of nitrogens with zero attached hydrogens (tertiary/aromatic N) is 3. The zero-order valence-electron chi connectivity index (χ0n) is 11.5. The third-order valence-electron chi connectivity index (χ3n) is 3.52. The smallest absolute Gasteiger partial charge is 0.256 e. The summed E-state index contributed by atoms with van der Waals surface area (Å²) in [4.78, 5) is 12.3. The van der Waals surface area contributed by atoms with Gasteiger partial charge in [-0.25, -0.2) is 0 Å². The molecule has 0 bridgehead atoms. The third-order valence-corrected chi connectivity index (χ3v) is 3.52. The van der Waals surface area contributed by atoms with E-state index < -0.39 is 0 Å². The van der Waals surface area contributed by atoms with Crippen LogP contribution in [0.5, 0.6) is 0 Å². The lowest BCUT2D eigenvalue weighted by molar-refractivity contribution is 0.0857. The minimum Gasteiger partial charge on any atom is -0.376 e. The second-order valence-electron chi connectivity index (χ2n) is 4.94. The van der Waals surface area contributed by atoms with Gasteiger partial charge < -0.3 is 14.6 Å². The van der Waals surface area contributed by atoms with E-state index in [1.165, 1.54) is 0 Å². The predicted octanol–water partition coefficient (Wildman–Crippen LogP) is 1.12. The van der Waals surface area contributed by atoms with Crippen molar-refractivity contribution in [3.05, 3.63) is 36.3 Å². The Hall–Kier alpha value is -2.08. The SMILES string of the molecule is Cn1ncc(C(=O)NCC2CCCO2)c1-n1cccc1. The van der Waals surface area contributed by atoms with Crippen LogP contribution in [0.15, 0.2) is 30.7 Å². The molecule has 1 amide bonds. The molecule has 2 aromatic heterocycles. The fourth-order valence-corrected chi connectivity index (χ4v) is 2.48. The highest BCUT2D eigenvalue weighted by Crippen LogP contribution is 2.15. The number of amides is 1. The molecule has 1 aliphatic heterocycles. The molecule has 0 radical (unpaired) electrons. The van der Waals surface area contributed by atoms with Crippen LogP contribution in [0.25, 0.3) is 5.82 Å². The van der Waals surface area contributed by atoms with Gasteiger partial charge in [-0.2, -0.15) is 5.10 Å². The molecule has 0 aromatic carbocycles. The lowest BCUT2D eigenvalue weighted by Gasteiger charge is -2.11. The summed E-state index contributed by atoms with van der Waals surface area (Å²) in [6.45, 7) is 1.35. The van der Waals surface area contributed by atoms with Crippen LogP contribution in [0.2, 0.25) is 0 Å². The molecule has 3 rings (SSSR count). The Bertz CT molecular complexity index is 582. The molecule has 0 aliphatic carbocycles. The fourth-order valence-electron chi connectivity index (χ4n) is 2.48. The van der Waals surface area contributed by atoms with E-state index >= 15 is 0 Å². The van der Waals surface area contributed by atoms with Gasteiger partial charge in [-0.15, -0.1) is 0 Å². The van der Waals surface area contributed by atoms with Gasteiger partial charge in [-0.05, 0) is 25.0 Å². The number of carbonyl (C=O) groups excluding carboxylic acids is 1. The minimum atomic E-state index is -0.114. The van der Waals surface area contributed by atoms with Crippen LogP contribution in [0, 0.1) is 0 Å². The summed E-state index contributed by atoms with van der Waals surface area (Å²) < 4.78 is 9.08. The summed E-state index contributed by atoms with van der Waals surface area (Å²) in [5.74, 6) is 0.650. The first-order chi connectivity index (χ1) is 9.75. The van der Waals surface area contributed by atoms with E-state index in [0.717, 1.165) is 25.3 Å². The van der Waals surface area contributed by atoms with Crippen molar-refractivity contribution < 1.29 is 9.53 Å². The molecule has 3 heterocycles. The van der Waals surface area contributed by atoms with E-state index in [4.69, 9.17) is 4.74 Å². The molecule has 1 N–H and O–H groups in total. The van der Waals surface area contributed by atoms with E-state index in [-0.39, 0.29) is 12.0 Å². The van der Waals surface area contributed by atoms with E-state index in [9.17, 15) is 4.79 Å². The van der Waals surface area contributed by atoms with E-state index in [0.29, 0.717) is 12.1 Å². The van der Waals surface area contributed by atoms with Crippen molar-refractivity contribution >= 4 is 5.91 Å². The molecule has 6 heteroatoms. The highest BCUT2D eigenvalue weighted by molar-refractivity contribution is 5.97. The predicted molar refractivity (Wildman–Crippen MR) is 73.8 cm³/mol. The number of nitrogens with one attached hydrogen (secondary N) is 1. The lowest BCUT2D eigenvalue weighted by atomic mass is 10.2. The van der Waals surface area contributed by atoms with Crippen LogP contribution in [-0.2, 0) is 11.8 Å². The van der Waals surface area contributed by atoms with Gasteiger partial charge >= 0.3 is 0 Å². The van der Waals surface area contributed by atoms with Crippen LogP contribution < -0.4 is 5.32 Å². The van der Waals surface area contributed by atoms with Gasteiger partial charge in [0.05, 0.1) is 12.3 Å². The summed E-state index contributed by atoms with van der Waals surface area (Å²) in [5.41, 5.74) is 0.571. The Kier molecular flexibility index (Phi) is 3.56. The lowest BCUT2D eigenvalue weighted by Crippen LogP contribution is -2.32. The molecule has 1 atom stereocenters. The first-order valence-corrected chi connectivity index (χ1v) is 6.81. The van der Waals surface area contributed by atoms with Gasteiger partial charge in [-0.1, -0.05) is 0 Å². The Morgan fingerprint density at radius 2 is 2.30 bits per heavy atom. The minimum absolute atomic E-state index is 0.114. The standard InChI is InChI=1S/C14H18N4O2/c1-17-14(18-6-2-3-7-18)12(10-16-17)13(19)15-9-11-5-4-8-20-11/h2-3,6-7,10-11H,4-5,8-9H2,1H3,(H,15,19). The van der Waals surface area contributed by atoms with E-state index in [1.807, 2.05) is 36.1 Å². The number of rotatable bonds is 4. The Balaban J connectivity index is 1.74. The van der Waals surface area contributed by atoms with Gasteiger partial charge in [0.2, 0.25) is 0 Å². The van der Waals surface area contributed by atoms with Crippen LogP contribution in [0.1, 0.15) is 23.2 Å². The van der Waals surface area contributed by atoms with Crippen molar-refractivity contribution in [3.63, 3.8) is 0 Å². The number of hydrogen-bond donors (Lipinski definition) is 1. The van der Waals surface area contributed by atoms with Gasteiger partial charge in [0, 0.05) is 32.6 Å². The molecule has 1 fully saturated rings. The van der Waals surface area contributed by atoms with Crippen molar-refractivity contribution in [2.75, 3.05) is 13.2 Å². The maximum Gasteiger partial charge on any atom is 0.256 e. The molecule has 20 heavy (non-hydrogen) atoms. The van der Waals surface area contributed by atoms with Gasteiger partial charge in [0.1, 0.15) is 11.4 Å². The van der Waals surface area contributed by atoms with Crippen molar-refractivity contribution in [1.82, 2.24) is 19.7 Å². The van der Waals surface area contributed by atoms with Crippen LogP contribution in [-0.4, -0.2) is 39.5 Å². The third kappa shape index (κ3) is 2.46. The maximum absolute atomic E-state index is 12.3. The average Bonchev–Trinajstić information content (AvgIpc) is 3.17. The second kappa shape index (κ2) is 5.50. The quantitative estimate of drug-likeness (QED) is 0.909. The summed E-state index contributed by atoms with van der Waals surface area (Å²) in [5, 5.41) is 7.10. The van der Waals surface area contributed by atoms with Crippen LogP contribution in [0.4, 0.5) is 0 Å². The first-order valence-electron chi connectivity index (χ1n) is 6.81. The molecular weight excluding hydrogens is 256 g/mol. The van der Waals surface area contributed by atoms with Crippen LogP contribution >= 0.6 is 0 Å². The van der Waals surface area contributed by atoms with Crippen molar-refractivity contribution in [2.24, 2.45) is 7.05 Å². The number of ether oxygens (including phenoxy) is 1. The van der Waals surface area contributed by atoms with Gasteiger partial charge in [0.15, 0.2) is 0 Å². The molecule has 1 aliphatic rings. The molecule has 0 saturated carbocycles. The number of hydrogen-bond acceptors (Lipinski definition) is 3. The summed E-state index contributed by atoms with van der Waals surface area (Å²) in [6.07, 6.45) is 7.62. The van der Waals surface area contributed by atoms with Gasteiger partial charge in [-0.3, -0.25) is 9.48 Å². The summed E-state index contributed by atoms with van der Waals surface area (Å²) in [6, 6.07) is 3.84. The van der Waals surface area contributed by atoms with Gasteiger partial charge in [0.25, 0.3) is 5.91 Å². The van der Waals surface area contributed by atoms with Crippen molar-refractivity contribution in [3.8, 4) is 5.82 Å². The molecule has 1 saturated heterocycles.